The van der Waals surface area contributed by atoms with Crippen molar-refractivity contribution in [2.24, 2.45) is 0 Å². The van der Waals surface area contributed by atoms with E-state index in [2.05, 4.69) is 20.2 Å². The van der Waals surface area contributed by atoms with Gasteiger partial charge in [-0.25, -0.2) is 18.4 Å². The van der Waals surface area contributed by atoms with E-state index in [0.29, 0.717) is 51.9 Å². The number of likely N-dealkylation sites (tertiary alicyclic amines) is 1. The monoisotopic (exact) mass is 437 g/mol. The molecule has 0 aliphatic carbocycles. The van der Waals surface area contributed by atoms with Crippen LogP contribution in [0.4, 0.5) is 19.0 Å². The molecule has 29 heavy (non-hydrogen) atoms. The lowest BCUT2D eigenvalue weighted by Gasteiger charge is -2.42. The first-order valence-corrected chi connectivity index (χ1v) is 11.4. The van der Waals surface area contributed by atoms with Crippen LogP contribution in [0.2, 0.25) is 0 Å². The number of sulfonamides is 1. The smallest absolute Gasteiger partial charge is 0.387 e. The van der Waals surface area contributed by atoms with Gasteiger partial charge in [-0.15, -0.1) is 0 Å². The molecule has 2 aliphatic heterocycles. The van der Waals surface area contributed by atoms with Crippen molar-refractivity contribution < 1.29 is 26.7 Å². The normalized spacial score (nSPS) is 25.8. The Bertz CT molecular complexity index is 815. The van der Waals surface area contributed by atoms with Crippen molar-refractivity contribution in [1.29, 1.82) is 0 Å². The standard InChI is InChI=1S/C17H26F3N5O3S/c1-29(27,28)25-6-2-5-16(26,11-25)10-24-7-3-13(4-8-24)23-15-9-14(17(18,19)20)21-12-22-15/h9,12-13,26H,2-8,10-11H2,1H3,(H,21,22,23). The second-order valence-electron chi connectivity index (χ2n) is 7.91. The van der Waals surface area contributed by atoms with Crippen LogP contribution in [0.3, 0.4) is 0 Å². The maximum atomic E-state index is 12.8. The predicted octanol–water partition coefficient (Wildman–Crippen LogP) is 1.16. The Kier molecular flexibility index (Phi) is 6.37. The summed E-state index contributed by atoms with van der Waals surface area (Å²) in [7, 11) is -3.34. The van der Waals surface area contributed by atoms with Gasteiger partial charge in [-0.1, -0.05) is 0 Å². The quantitative estimate of drug-likeness (QED) is 0.713. The van der Waals surface area contributed by atoms with E-state index < -0.39 is 27.5 Å². The highest BCUT2D eigenvalue weighted by atomic mass is 32.2. The van der Waals surface area contributed by atoms with Gasteiger partial charge in [-0.2, -0.15) is 17.5 Å². The molecule has 2 saturated heterocycles. The SMILES string of the molecule is CS(=O)(=O)N1CCCC(O)(CN2CCC(Nc3cc(C(F)(F)F)ncn3)CC2)C1. The average molecular weight is 437 g/mol. The van der Waals surface area contributed by atoms with Gasteiger partial charge in [0, 0.05) is 44.8 Å². The summed E-state index contributed by atoms with van der Waals surface area (Å²) in [5.74, 6) is 0.139. The maximum absolute atomic E-state index is 12.8. The lowest BCUT2D eigenvalue weighted by molar-refractivity contribution is -0.141. The van der Waals surface area contributed by atoms with Crippen LogP contribution in [0.5, 0.6) is 0 Å². The topological polar surface area (TPSA) is 98.7 Å². The Morgan fingerprint density at radius 1 is 1.28 bits per heavy atom. The fraction of sp³-hybridized carbons (Fsp3) is 0.765. The minimum atomic E-state index is -4.52. The summed E-state index contributed by atoms with van der Waals surface area (Å²) in [4.78, 5) is 9.19. The number of anilines is 1. The van der Waals surface area contributed by atoms with E-state index in [1.165, 1.54) is 4.31 Å². The molecule has 0 radical (unpaired) electrons. The minimum Gasteiger partial charge on any atom is -0.387 e. The molecule has 3 rings (SSSR count). The molecule has 0 bridgehead atoms. The molecule has 0 aromatic carbocycles. The highest BCUT2D eigenvalue weighted by molar-refractivity contribution is 7.88. The zero-order valence-electron chi connectivity index (χ0n) is 16.2. The summed E-state index contributed by atoms with van der Waals surface area (Å²) in [6, 6.07) is 0.868. The molecule has 2 fully saturated rings. The molecule has 0 saturated carbocycles. The van der Waals surface area contributed by atoms with Gasteiger partial charge in [0.15, 0.2) is 0 Å². The van der Waals surface area contributed by atoms with Gasteiger partial charge in [-0.05, 0) is 25.7 Å². The Balaban J connectivity index is 1.52. The molecular formula is C17H26F3N5O3S. The van der Waals surface area contributed by atoms with Crippen molar-refractivity contribution in [2.45, 2.75) is 43.5 Å². The summed E-state index contributed by atoms with van der Waals surface area (Å²) in [6.45, 7) is 2.18. The summed E-state index contributed by atoms with van der Waals surface area (Å²) < 4.78 is 63.2. The molecule has 0 amide bonds. The molecule has 0 spiro atoms. The van der Waals surface area contributed by atoms with Crippen molar-refractivity contribution in [3.63, 3.8) is 0 Å². The van der Waals surface area contributed by atoms with E-state index in [9.17, 15) is 26.7 Å². The van der Waals surface area contributed by atoms with Crippen molar-refractivity contribution in [3.8, 4) is 0 Å². The van der Waals surface area contributed by atoms with Crippen LogP contribution in [0.1, 0.15) is 31.4 Å². The number of halogens is 3. The third kappa shape index (κ3) is 6.00. The van der Waals surface area contributed by atoms with Crippen molar-refractivity contribution in [3.05, 3.63) is 18.1 Å². The second-order valence-corrected chi connectivity index (χ2v) is 9.89. The average Bonchev–Trinajstić information content (AvgIpc) is 2.62. The van der Waals surface area contributed by atoms with Crippen LogP contribution >= 0.6 is 0 Å². The molecule has 3 heterocycles. The highest BCUT2D eigenvalue weighted by Crippen LogP contribution is 2.29. The fourth-order valence-corrected chi connectivity index (χ4v) is 4.87. The van der Waals surface area contributed by atoms with Crippen LogP contribution in [0, 0.1) is 0 Å². The number of nitrogens with one attached hydrogen (secondary N) is 1. The summed E-state index contributed by atoms with van der Waals surface area (Å²) in [5.41, 5.74) is -2.07. The van der Waals surface area contributed by atoms with Gasteiger partial charge in [0.05, 0.1) is 11.9 Å². The van der Waals surface area contributed by atoms with Crippen molar-refractivity contribution in [2.75, 3.05) is 44.3 Å². The van der Waals surface area contributed by atoms with E-state index in [-0.39, 0.29) is 18.4 Å². The highest BCUT2D eigenvalue weighted by Gasteiger charge is 2.38. The molecule has 1 aromatic rings. The zero-order chi connectivity index (χ0) is 21.3. The molecule has 1 unspecified atom stereocenters. The van der Waals surface area contributed by atoms with E-state index >= 15 is 0 Å². The Labute approximate surface area is 168 Å². The van der Waals surface area contributed by atoms with E-state index in [0.717, 1.165) is 18.6 Å². The van der Waals surface area contributed by atoms with Crippen LogP contribution in [0.25, 0.3) is 0 Å². The number of β-amino-alcohol motifs (C(OH)–C–C–N with tert-alkyl or cyclic N) is 1. The Morgan fingerprint density at radius 3 is 2.59 bits per heavy atom. The van der Waals surface area contributed by atoms with Crippen LogP contribution in [0.15, 0.2) is 12.4 Å². The molecular weight excluding hydrogens is 411 g/mol. The molecule has 164 valence electrons. The first kappa shape index (κ1) is 22.2. The van der Waals surface area contributed by atoms with Gasteiger partial charge in [0.25, 0.3) is 0 Å². The second kappa shape index (κ2) is 8.32. The van der Waals surface area contributed by atoms with Gasteiger partial charge < -0.3 is 15.3 Å². The summed E-state index contributed by atoms with van der Waals surface area (Å²) >= 11 is 0. The van der Waals surface area contributed by atoms with Crippen LogP contribution in [-0.4, -0.2) is 83.3 Å². The first-order valence-electron chi connectivity index (χ1n) is 9.50. The number of aliphatic hydroxyl groups is 1. The van der Waals surface area contributed by atoms with Crippen molar-refractivity contribution >= 4 is 15.8 Å². The van der Waals surface area contributed by atoms with Gasteiger partial charge in [0.2, 0.25) is 10.0 Å². The number of alkyl halides is 3. The molecule has 2 aliphatic rings. The minimum absolute atomic E-state index is 0.0317. The predicted molar refractivity (Wildman–Crippen MR) is 101 cm³/mol. The van der Waals surface area contributed by atoms with Crippen LogP contribution < -0.4 is 5.32 Å². The van der Waals surface area contributed by atoms with Crippen molar-refractivity contribution in [1.82, 2.24) is 19.2 Å². The lowest BCUT2D eigenvalue weighted by atomic mass is 9.92. The third-order valence-corrected chi connectivity index (χ3v) is 6.65. The zero-order valence-corrected chi connectivity index (χ0v) is 17.0. The lowest BCUT2D eigenvalue weighted by Crippen LogP contribution is -2.56. The van der Waals surface area contributed by atoms with Gasteiger partial charge in [0.1, 0.15) is 17.8 Å². The number of rotatable bonds is 5. The van der Waals surface area contributed by atoms with Gasteiger partial charge in [-0.3, -0.25) is 0 Å². The Morgan fingerprint density at radius 2 is 1.97 bits per heavy atom. The van der Waals surface area contributed by atoms with E-state index in [1.807, 2.05) is 0 Å². The number of aromatic nitrogens is 2. The number of hydrogen-bond acceptors (Lipinski definition) is 7. The van der Waals surface area contributed by atoms with E-state index in [4.69, 9.17) is 0 Å². The molecule has 1 aromatic heterocycles. The summed E-state index contributed by atoms with van der Waals surface area (Å²) in [5, 5.41) is 13.9. The van der Waals surface area contributed by atoms with E-state index in [1.54, 1.807) is 0 Å². The largest absolute Gasteiger partial charge is 0.433 e. The fourth-order valence-electron chi connectivity index (χ4n) is 3.94. The number of hydrogen-bond donors (Lipinski definition) is 2. The molecule has 12 heteroatoms. The number of nitrogens with zero attached hydrogens (tertiary/aromatic N) is 4. The Hall–Kier alpha value is -1.50. The summed E-state index contributed by atoms with van der Waals surface area (Å²) in [6.07, 6.45) is 0.0291. The molecule has 2 N–H and O–H groups in total. The molecule has 1 atom stereocenters. The third-order valence-electron chi connectivity index (χ3n) is 5.40. The molecule has 8 nitrogen and oxygen atoms in total. The maximum Gasteiger partial charge on any atom is 0.433 e. The number of piperidine rings is 2. The van der Waals surface area contributed by atoms with Gasteiger partial charge >= 0.3 is 6.18 Å². The van der Waals surface area contributed by atoms with Crippen LogP contribution in [-0.2, 0) is 16.2 Å². The first-order chi connectivity index (χ1) is 13.4.